The SMILES string of the molecule is COc1cc(O)cc(C)c1C1c2ccc(O)cc2OCC1c1ccc(O)cc1.COc1ccc(C2c3ccc(O)cc3OCC2c2ccc(Br)cc2)cc1.COc1ccc(C2c3ccc(O)cc3OCC2c2ccc(O)cc2)c(O)c1C(C)=O.COc1cccc(C2c3ccc(O)cc3OCC2c2cccc(O)c2)c1.Oc1ccc(C2COc3cc(O)ccc3C2c2ccccc2O)cc1. The largest absolute Gasteiger partial charge is 0.508 e. The van der Waals surface area contributed by atoms with Crippen LogP contribution in [0.2, 0.25) is 0 Å². The number of aryl methyl sites for hydroxylation is 1. The molecule has 23 heteroatoms. The first-order valence-electron chi connectivity index (χ1n) is 43.9. The maximum atomic E-state index is 12.2. The lowest BCUT2D eigenvalue weighted by atomic mass is 9.74. The zero-order chi connectivity index (χ0) is 94.8. The van der Waals surface area contributed by atoms with Crippen LogP contribution in [0.3, 0.4) is 0 Å². The van der Waals surface area contributed by atoms with Crippen LogP contribution in [-0.4, -0.2) is 129 Å². The van der Waals surface area contributed by atoms with Gasteiger partial charge in [-0.05, 0) is 192 Å². The Bertz CT molecular complexity index is 6730. The predicted octanol–water partition coefficient (Wildman–Crippen LogP) is 22.7. The van der Waals surface area contributed by atoms with E-state index in [1.54, 1.807) is 173 Å². The number of aromatic hydroxyl groups is 12. The minimum atomic E-state index is -0.345. The number of para-hydroxylation sites is 1. The lowest BCUT2D eigenvalue weighted by Gasteiger charge is -2.36. The third kappa shape index (κ3) is 20.3. The van der Waals surface area contributed by atoms with Crippen LogP contribution in [0.1, 0.15) is 165 Å². The summed E-state index contributed by atoms with van der Waals surface area (Å²) in [5, 5.41) is 120. The molecule has 15 aromatic rings. The van der Waals surface area contributed by atoms with Crippen LogP contribution in [0.25, 0.3) is 0 Å². The van der Waals surface area contributed by atoms with Gasteiger partial charge < -0.3 is 104 Å². The van der Waals surface area contributed by atoms with E-state index >= 15 is 0 Å². The number of phenols is 12. The van der Waals surface area contributed by atoms with Gasteiger partial charge in [-0.25, -0.2) is 0 Å². The molecule has 5 aliphatic heterocycles. The van der Waals surface area contributed by atoms with Gasteiger partial charge in [-0.2, -0.15) is 0 Å². The van der Waals surface area contributed by atoms with E-state index in [-0.39, 0.29) is 140 Å². The molecule has 0 aliphatic carbocycles. The number of phenolic OH excluding ortho intramolecular Hbond substituents is 12. The van der Waals surface area contributed by atoms with Gasteiger partial charge in [-0.3, -0.25) is 4.79 Å². The van der Waals surface area contributed by atoms with E-state index < -0.39 is 0 Å². The highest BCUT2D eigenvalue weighted by molar-refractivity contribution is 9.10. The van der Waals surface area contributed by atoms with E-state index in [1.165, 1.54) is 25.2 Å². The third-order valence-corrected chi connectivity index (χ3v) is 26.0. The number of ketones is 1. The first-order valence-corrected chi connectivity index (χ1v) is 44.7. The van der Waals surface area contributed by atoms with Crippen molar-refractivity contribution in [3.05, 3.63) is 408 Å². The molecule has 0 aromatic heterocycles. The minimum Gasteiger partial charge on any atom is -0.508 e. The molecule has 0 saturated carbocycles. The van der Waals surface area contributed by atoms with Crippen molar-refractivity contribution < 1.29 is 109 Å². The summed E-state index contributed by atoms with van der Waals surface area (Å²) in [7, 11) is 6.37. The van der Waals surface area contributed by atoms with Crippen LogP contribution >= 0.6 is 15.9 Å². The van der Waals surface area contributed by atoms with E-state index in [9.17, 15) is 66.1 Å². The Balaban J connectivity index is 0.000000123. The van der Waals surface area contributed by atoms with E-state index in [1.807, 2.05) is 122 Å². The molecule has 0 spiro atoms. The molecule has 15 aromatic carbocycles. The van der Waals surface area contributed by atoms with Crippen LogP contribution < -0.4 is 42.6 Å². The van der Waals surface area contributed by atoms with Crippen molar-refractivity contribution in [1.82, 2.24) is 0 Å². The molecule has 135 heavy (non-hydrogen) atoms. The van der Waals surface area contributed by atoms with Crippen LogP contribution in [0, 0.1) is 6.92 Å². The topological polar surface area (TPSA) is 343 Å². The average molecular weight is 1880 g/mol. The second-order valence-electron chi connectivity index (χ2n) is 33.6. The zero-order valence-corrected chi connectivity index (χ0v) is 76.2. The number of benzene rings is 15. The molecular weight excluding hydrogens is 1780 g/mol. The summed E-state index contributed by atoms with van der Waals surface area (Å²) < 4.78 is 52.4. The number of methoxy groups -OCH3 is 4. The number of ether oxygens (including phenoxy) is 9. The Labute approximate surface area is 789 Å². The molecule has 0 amide bonds. The van der Waals surface area contributed by atoms with Crippen molar-refractivity contribution in [3.8, 4) is 121 Å². The first kappa shape index (κ1) is 92.5. The smallest absolute Gasteiger partial charge is 0.167 e. The monoisotopic (exact) mass is 1880 g/mol. The van der Waals surface area contributed by atoms with Crippen LogP contribution in [-0.2, 0) is 0 Å². The molecule has 22 nitrogen and oxygen atoms in total. The molecule has 10 atom stereocenters. The van der Waals surface area contributed by atoms with Crippen molar-refractivity contribution in [1.29, 1.82) is 0 Å². The quantitative estimate of drug-likeness (QED) is 0.0424. The summed E-state index contributed by atoms with van der Waals surface area (Å²) in [6, 6.07) is 92.7. The van der Waals surface area contributed by atoms with Gasteiger partial charge in [0.1, 0.15) is 126 Å². The summed E-state index contributed by atoms with van der Waals surface area (Å²) in [4.78, 5) is 12.2. The van der Waals surface area contributed by atoms with Gasteiger partial charge in [0.05, 0.1) is 61.5 Å². The highest BCUT2D eigenvalue weighted by Crippen LogP contribution is 2.56. The lowest BCUT2D eigenvalue weighted by Crippen LogP contribution is -2.26. The predicted molar refractivity (Wildman–Crippen MR) is 516 cm³/mol. The minimum absolute atomic E-state index is 0.0223. The molecule has 10 unspecified atom stereocenters. The first-order chi connectivity index (χ1) is 65.3. The number of hydrogen-bond donors (Lipinski definition) is 12. The second-order valence-corrected chi connectivity index (χ2v) is 34.5. The van der Waals surface area contributed by atoms with E-state index in [0.717, 1.165) is 94.0 Å². The average Bonchev–Trinajstić information content (AvgIpc) is 0.772. The van der Waals surface area contributed by atoms with Gasteiger partial charge in [0, 0.05) is 145 Å². The summed E-state index contributed by atoms with van der Waals surface area (Å²) in [5.41, 5.74) is 15.6. The number of Topliss-reactive ketones (excluding diaryl/α,β-unsaturated/α-hetero) is 1. The molecule has 0 radical (unpaired) electrons. The number of carbonyl (C=O) groups excluding carboxylic acids is 1. The highest BCUT2D eigenvalue weighted by atomic mass is 79.9. The fourth-order valence-corrected chi connectivity index (χ4v) is 19.3. The van der Waals surface area contributed by atoms with Crippen molar-refractivity contribution in [3.63, 3.8) is 0 Å². The van der Waals surface area contributed by atoms with Crippen molar-refractivity contribution in [2.75, 3.05) is 61.5 Å². The fourth-order valence-electron chi connectivity index (χ4n) is 19.1. The maximum absolute atomic E-state index is 12.2. The molecule has 20 rings (SSSR count). The van der Waals surface area contributed by atoms with Crippen molar-refractivity contribution in [2.45, 2.75) is 73.0 Å². The molecule has 0 saturated heterocycles. The summed E-state index contributed by atoms with van der Waals surface area (Å²) in [5.74, 6) is 6.91. The van der Waals surface area contributed by atoms with Gasteiger partial charge in [0.25, 0.3) is 0 Å². The molecule has 688 valence electrons. The second kappa shape index (κ2) is 40.9. The Morgan fingerprint density at radius 2 is 0.637 bits per heavy atom. The van der Waals surface area contributed by atoms with Gasteiger partial charge in [0.15, 0.2) is 5.78 Å². The van der Waals surface area contributed by atoms with Gasteiger partial charge >= 0.3 is 0 Å². The standard InChI is InChI=1S/C24H22O6.C23H22O5.C22H19BrO3.C22H20O4.C21H18O4/c1-13(25)22-20(29-2)10-9-18(24(22)28)23-17-8-7-16(27)11-21(17)30-12-19(23)14-3-5-15(26)6-4-14;1-13-9-17(26)11-21(27-2)22(13)23-18-8-7-16(25)10-20(18)28-12-19(23)14-3-5-15(24)6-4-14;1-25-18-9-4-15(5-10-18)22-19-11-8-17(24)12-21(19)26-13-20(22)14-2-6-16(23)7-3-14;1-25-18-7-3-5-15(11-18)22-19-9-8-17(24)12-21(19)26-13-20(22)14-4-2-6-16(23)10-14;22-14-7-5-13(6-8-14)18-12-25-20-11-15(23)9-10-17(20)21(18)16-3-1-2-4-19(16)24/h3-11,19,23,26-28H,12H2,1-2H3;3-11,19,23-26H,12H2,1-2H3;2-12,20,22,24H,13H2,1H3;2-12,20,22-24H,13H2,1H3;1-11,18,21-24H,12H2. The van der Waals surface area contributed by atoms with Gasteiger partial charge in [0.2, 0.25) is 0 Å². The maximum Gasteiger partial charge on any atom is 0.167 e. The fraction of sp³-hybridized carbons (Fsp3) is 0.188. The van der Waals surface area contributed by atoms with Crippen LogP contribution in [0.5, 0.6) is 121 Å². The van der Waals surface area contributed by atoms with E-state index in [2.05, 4.69) is 58.4 Å². The molecule has 0 fully saturated rings. The molecular formula is C112H101BrO22. The van der Waals surface area contributed by atoms with Crippen molar-refractivity contribution in [2.24, 2.45) is 0 Å². The highest BCUT2D eigenvalue weighted by Gasteiger charge is 2.42. The number of rotatable bonds is 15. The number of hydrogen-bond acceptors (Lipinski definition) is 22. The number of fused-ring (bicyclic) bond motifs is 5. The lowest BCUT2D eigenvalue weighted by molar-refractivity contribution is 0.101. The number of halogens is 1. The van der Waals surface area contributed by atoms with E-state index in [0.29, 0.717) is 73.1 Å². The Kier molecular flexibility index (Phi) is 28.1. The Morgan fingerprint density at radius 3 is 1.07 bits per heavy atom. The summed E-state index contributed by atoms with van der Waals surface area (Å²) in [6.07, 6.45) is 0. The van der Waals surface area contributed by atoms with Crippen molar-refractivity contribution >= 4 is 21.7 Å². The third-order valence-electron chi connectivity index (χ3n) is 25.5. The molecule has 5 heterocycles. The molecule has 0 bridgehead atoms. The normalized spacial score (nSPS) is 18.4. The number of carbonyl (C=O) groups is 1. The zero-order valence-electron chi connectivity index (χ0n) is 74.6. The van der Waals surface area contributed by atoms with Gasteiger partial charge in [-0.15, -0.1) is 0 Å². The Hall–Kier alpha value is -15.8. The van der Waals surface area contributed by atoms with Crippen LogP contribution in [0.15, 0.2) is 314 Å². The molecule has 5 aliphatic rings. The van der Waals surface area contributed by atoms with Gasteiger partial charge in [-0.1, -0.05) is 155 Å². The summed E-state index contributed by atoms with van der Waals surface area (Å²) in [6.45, 7) is 5.48. The molecule has 12 N–H and O–H groups in total. The van der Waals surface area contributed by atoms with E-state index in [4.69, 9.17) is 42.6 Å². The van der Waals surface area contributed by atoms with Crippen LogP contribution in [0.4, 0.5) is 0 Å². The Morgan fingerprint density at radius 1 is 0.281 bits per heavy atom. The summed E-state index contributed by atoms with van der Waals surface area (Å²) >= 11 is 3.51.